The van der Waals surface area contributed by atoms with Crippen molar-refractivity contribution in [3.63, 3.8) is 0 Å². The molecular formula is C17H22N2O5. The van der Waals surface area contributed by atoms with E-state index < -0.39 is 23.9 Å². The number of nitrogens with one attached hydrogen (secondary N) is 1. The third kappa shape index (κ3) is 6.51. The molecule has 1 atom stereocenters. The first-order chi connectivity index (χ1) is 11.3. The van der Waals surface area contributed by atoms with Crippen LogP contribution in [0.4, 0.5) is 11.4 Å². The van der Waals surface area contributed by atoms with Crippen molar-refractivity contribution < 1.29 is 23.9 Å². The fraction of sp³-hybridized carbons (Fsp3) is 0.353. The molecule has 0 spiro atoms. The van der Waals surface area contributed by atoms with Crippen LogP contribution in [0.3, 0.4) is 0 Å². The summed E-state index contributed by atoms with van der Waals surface area (Å²) < 4.78 is 9.55. The van der Waals surface area contributed by atoms with Crippen LogP contribution >= 0.6 is 0 Å². The highest BCUT2D eigenvalue weighted by atomic mass is 16.5. The first-order valence-corrected chi connectivity index (χ1v) is 7.47. The lowest BCUT2D eigenvalue weighted by molar-refractivity contribution is -0.148. The van der Waals surface area contributed by atoms with E-state index in [-0.39, 0.29) is 6.61 Å². The maximum atomic E-state index is 12.0. The van der Waals surface area contributed by atoms with Crippen molar-refractivity contribution in [2.75, 3.05) is 30.9 Å². The summed E-state index contributed by atoms with van der Waals surface area (Å²) in [6, 6.07) is 7.22. The molecule has 7 nitrogen and oxygen atoms in total. The fourth-order valence-electron chi connectivity index (χ4n) is 1.68. The van der Waals surface area contributed by atoms with Crippen LogP contribution in [-0.4, -0.2) is 44.7 Å². The average molecular weight is 334 g/mol. The van der Waals surface area contributed by atoms with Gasteiger partial charge in [0.1, 0.15) is 0 Å². The molecule has 1 rings (SSSR count). The number of amides is 1. The zero-order valence-electron chi connectivity index (χ0n) is 14.2. The minimum atomic E-state index is -1.00. The minimum absolute atomic E-state index is 0.212. The van der Waals surface area contributed by atoms with Gasteiger partial charge in [0.15, 0.2) is 6.10 Å². The van der Waals surface area contributed by atoms with Crippen molar-refractivity contribution in [2.45, 2.75) is 20.0 Å². The quantitative estimate of drug-likeness (QED) is 0.604. The summed E-state index contributed by atoms with van der Waals surface area (Å²) in [5, 5.41) is 2.65. The summed E-state index contributed by atoms with van der Waals surface area (Å²) >= 11 is 0. The van der Waals surface area contributed by atoms with E-state index in [4.69, 9.17) is 4.74 Å². The first-order valence-electron chi connectivity index (χ1n) is 7.47. The van der Waals surface area contributed by atoms with Gasteiger partial charge in [-0.2, -0.15) is 0 Å². The van der Waals surface area contributed by atoms with Gasteiger partial charge in [-0.25, -0.2) is 9.59 Å². The Balaban J connectivity index is 2.52. The van der Waals surface area contributed by atoms with Crippen molar-refractivity contribution in [1.82, 2.24) is 0 Å². The summed E-state index contributed by atoms with van der Waals surface area (Å²) in [6.45, 7) is 3.31. The second kappa shape index (κ2) is 9.34. The lowest BCUT2D eigenvalue weighted by Crippen LogP contribution is -2.29. The predicted octanol–water partition coefficient (Wildman–Crippen LogP) is 1.74. The van der Waals surface area contributed by atoms with Crippen molar-refractivity contribution in [3.05, 3.63) is 36.4 Å². The van der Waals surface area contributed by atoms with Crippen LogP contribution < -0.4 is 10.2 Å². The van der Waals surface area contributed by atoms with E-state index in [1.165, 1.54) is 6.92 Å². The number of hydrogen-bond acceptors (Lipinski definition) is 6. The Morgan fingerprint density at radius 2 is 1.71 bits per heavy atom. The van der Waals surface area contributed by atoms with Crippen LogP contribution in [0.2, 0.25) is 0 Å². The Labute approximate surface area is 141 Å². The molecule has 0 fully saturated rings. The van der Waals surface area contributed by atoms with E-state index in [9.17, 15) is 14.4 Å². The Morgan fingerprint density at radius 3 is 2.25 bits per heavy atom. The first kappa shape index (κ1) is 19.2. The molecule has 0 radical (unpaired) electrons. The van der Waals surface area contributed by atoms with E-state index in [1.54, 1.807) is 19.1 Å². The fourth-order valence-corrected chi connectivity index (χ4v) is 1.68. The molecule has 0 saturated heterocycles. The van der Waals surface area contributed by atoms with Gasteiger partial charge < -0.3 is 19.7 Å². The zero-order chi connectivity index (χ0) is 18.1. The number of hydrogen-bond donors (Lipinski definition) is 1. The summed E-state index contributed by atoms with van der Waals surface area (Å²) in [7, 11) is 3.83. The van der Waals surface area contributed by atoms with Gasteiger partial charge in [-0.05, 0) is 38.1 Å². The van der Waals surface area contributed by atoms with Crippen LogP contribution in [0.25, 0.3) is 0 Å². The van der Waals surface area contributed by atoms with E-state index in [2.05, 4.69) is 10.1 Å². The maximum Gasteiger partial charge on any atom is 0.331 e. The highest BCUT2D eigenvalue weighted by Gasteiger charge is 2.17. The molecule has 0 bridgehead atoms. The zero-order valence-corrected chi connectivity index (χ0v) is 14.2. The summed E-state index contributed by atoms with van der Waals surface area (Å²) in [5.74, 6) is -1.91. The summed E-state index contributed by atoms with van der Waals surface area (Å²) in [6.07, 6.45) is 0.877. The van der Waals surface area contributed by atoms with Gasteiger partial charge in [0.25, 0.3) is 5.91 Å². The highest BCUT2D eigenvalue weighted by molar-refractivity contribution is 5.97. The molecular weight excluding hydrogens is 312 g/mol. The number of esters is 2. The van der Waals surface area contributed by atoms with Crippen LogP contribution in [-0.2, 0) is 23.9 Å². The molecule has 0 aliphatic rings. The topological polar surface area (TPSA) is 84.9 Å². The van der Waals surface area contributed by atoms with E-state index in [0.717, 1.165) is 17.8 Å². The average Bonchev–Trinajstić information content (AvgIpc) is 2.53. The minimum Gasteiger partial charge on any atom is -0.463 e. The Hall–Kier alpha value is -2.83. The number of ether oxygens (including phenoxy) is 2. The van der Waals surface area contributed by atoms with Gasteiger partial charge in [0.05, 0.1) is 6.61 Å². The van der Waals surface area contributed by atoms with Gasteiger partial charge in [-0.1, -0.05) is 0 Å². The molecule has 24 heavy (non-hydrogen) atoms. The van der Waals surface area contributed by atoms with Gasteiger partial charge in [0, 0.05) is 37.6 Å². The normalized spacial score (nSPS) is 11.7. The second-order valence-corrected chi connectivity index (χ2v) is 5.10. The standard InChI is InChI=1S/C17H22N2O5/c1-5-23-15(20)10-11-16(21)24-12(2)17(22)18-13-6-8-14(9-7-13)19(3)4/h6-12H,5H2,1-4H3,(H,18,22). The highest BCUT2D eigenvalue weighted by Crippen LogP contribution is 2.16. The Kier molecular flexibility index (Phi) is 7.48. The summed E-state index contributed by atoms with van der Waals surface area (Å²) in [4.78, 5) is 36.5. The monoisotopic (exact) mass is 334 g/mol. The number of rotatable bonds is 7. The lowest BCUT2D eigenvalue weighted by Gasteiger charge is -2.15. The second-order valence-electron chi connectivity index (χ2n) is 5.10. The number of carbonyl (C=O) groups excluding carboxylic acids is 3. The largest absolute Gasteiger partial charge is 0.463 e. The van der Waals surface area contributed by atoms with Crippen LogP contribution in [0, 0.1) is 0 Å². The molecule has 0 saturated carbocycles. The Morgan fingerprint density at radius 1 is 1.12 bits per heavy atom. The summed E-state index contributed by atoms with van der Waals surface area (Å²) in [5.41, 5.74) is 1.59. The van der Waals surface area contributed by atoms with Crippen molar-refractivity contribution >= 4 is 29.2 Å². The SMILES string of the molecule is CCOC(=O)C=CC(=O)OC(C)C(=O)Nc1ccc(N(C)C)cc1. The van der Waals surface area contributed by atoms with Gasteiger partial charge in [-0.15, -0.1) is 0 Å². The van der Waals surface area contributed by atoms with E-state index in [1.807, 2.05) is 31.1 Å². The van der Waals surface area contributed by atoms with Crippen LogP contribution in [0.15, 0.2) is 36.4 Å². The molecule has 0 aromatic heterocycles. The molecule has 1 amide bonds. The van der Waals surface area contributed by atoms with Crippen molar-refractivity contribution in [2.24, 2.45) is 0 Å². The molecule has 130 valence electrons. The molecule has 0 aliphatic carbocycles. The molecule has 0 aliphatic heterocycles. The third-order valence-electron chi connectivity index (χ3n) is 2.96. The van der Waals surface area contributed by atoms with E-state index >= 15 is 0 Å². The molecule has 1 unspecified atom stereocenters. The van der Waals surface area contributed by atoms with Gasteiger partial charge in [0.2, 0.25) is 0 Å². The van der Waals surface area contributed by atoms with Crippen molar-refractivity contribution in [1.29, 1.82) is 0 Å². The van der Waals surface area contributed by atoms with Crippen LogP contribution in [0.5, 0.6) is 0 Å². The molecule has 1 aromatic rings. The van der Waals surface area contributed by atoms with Gasteiger partial charge in [-0.3, -0.25) is 4.79 Å². The number of benzene rings is 1. The van der Waals surface area contributed by atoms with Crippen LogP contribution in [0.1, 0.15) is 13.8 Å². The van der Waals surface area contributed by atoms with Gasteiger partial charge >= 0.3 is 11.9 Å². The smallest absolute Gasteiger partial charge is 0.331 e. The number of anilines is 2. The molecule has 7 heteroatoms. The Bertz CT molecular complexity index is 608. The number of carbonyl (C=O) groups is 3. The third-order valence-corrected chi connectivity index (χ3v) is 2.96. The molecule has 0 heterocycles. The van der Waals surface area contributed by atoms with Crippen molar-refractivity contribution in [3.8, 4) is 0 Å². The predicted molar refractivity (Wildman–Crippen MR) is 90.7 cm³/mol. The molecule has 1 N–H and O–H groups in total. The lowest BCUT2D eigenvalue weighted by atomic mass is 10.2. The maximum absolute atomic E-state index is 12.0. The van der Waals surface area contributed by atoms with E-state index in [0.29, 0.717) is 5.69 Å². The molecule has 1 aromatic carbocycles. The number of nitrogens with zero attached hydrogens (tertiary/aromatic N) is 1.